The number of phenols is 1. The zero-order chi connectivity index (χ0) is 21.1. The number of aryl methyl sites for hydroxylation is 1. The number of anilines is 1. The van der Waals surface area contributed by atoms with E-state index < -0.39 is 5.91 Å². The summed E-state index contributed by atoms with van der Waals surface area (Å²) < 4.78 is 6.17. The van der Waals surface area contributed by atoms with Crippen LogP contribution in [0.15, 0.2) is 54.6 Å². The van der Waals surface area contributed by atoms with E-state index in [0.29, 0.717) is 27.2 Å². The van der Waals surface area contributed by atoms with Crippen molar-refractivity contribution >= 4 is 34.8 Å². The summed E-state index contributed by atoms with van der Waals surface area (Å²) in [4.78, 5) is 12.7. The second-order valence-electron chi connectivity index (χ2n) is 7.05. The smallest absolute Gasteiger partial charge is 0.259 e. The molecule has 0 unspecified atom stereocenters. The molecular weight excluding hydrogens is 409 g/mol. The van der Waals surface area contributed by atoms with Crippen molar-refractivity contribution < 1.29 is 14.6 Å². The average molecular weight is 430 g/mol. The number of phenolic OH excluding ortho intramolecular Hbond substituents is 1. The maximum Gasteiger partial charge on any atom is 0.259 e. The van der Waals surface area contributed by atoms with Crippen molar-refractivity contribution in [2.75, 3.05) is 5.32 Å². The van der Waals surface area contributed by atoms with Crippen LogP contribution in [0.25, 0.3) is 0 Å². The van der Waals surface area contributed by atoms with Crippen LogP contribution in [0.2, 0.25) is 10.0 Å². The number of hydrogen-bond donors (Lipinski definition) is 2. The second-order valence-corrected chi connectivity index (χ2v) is 7.93. The molecule has 3 rings (SSSR count). The van der Waals surface area contributed by atoms with E-state index >= 15 is 0 Å². The Kier molecular flexibility index (Phi) is 6.36. The molecule has 4 nitrogen and oxygen atoms in total. The Balaban J connectivity index is 1.96. The van der Waals surface area contributed by atoms with Crippen LogP contribution in [0.1, 0.15) is 41.3 Å². The molecule has 0 atom stereocenters. The zero-order valence-electron chi connectivity index (χ0n) is 16.3. The van der Waals surface area contributed by atoms with Gasteiger partial charge in [0, 0.05) is 10.0 Å². The van der Waals surface area contributed by atoms with Gasteiger partial charge in [0.2, 0.25) is 0 Å². The number of benzene rings is 3. The molecule has 3 aromatic carbocycles. The number of carbonyl (C=O) groups is 1. The summed E-state index contributed by atoms with van der Waals surface area (Å²) in [6, 6.07) is 15.3. The van der Waals surface area contributed by atoms with E-state index in [9.17, 15) is 9.90 Å². The number of halogens is 2. The summed E-state index contributed by atoms with van der Waals surface area (Å²) in [6.45, 7) is 6.16. The molecule has 0 radical (unpaired) electrons. The molecule has 0 aromatic heterocycles. The van der Waals surface area contributed by atoms with Gasteiger partial charge in [-0.2, -0.15) is 0 Å². The van der Waals surface area contributed by atoms with Gasteiger partial charge >= 0.3 is 0 Å². The highest BCUT2D eigenvalue weighted by Gasteiger charge is 2.17. The number of carbonyl (C=O) groups excluding carboxylic acids is 1. The SMILES string of the molecule is Cc1ccc(C(C)C)c(Oc2ccc(Cl)cc2NC(=O)c2cc(Cl)ccc2O)c1. The summed E-state index contributed by atoms with van der Waals surface area (Å²) in [5.41, 5.74) is 2.56. The van der Waals surface area contributed by atoms with E-state index in [4.69, 9.17) is 27.9 Å². The van der Waals surface area contributed by atoms with E-state index in [-0.39, 0.29) is 17.2 Å². The van der Waals surface area contributed by atoms with Crippen molar-refractivity contribution in [3.63, 3.8) is 0 Å². The van der Waals surface area contributed by atoms with E-state index in [1.54, 1.807) is 18.2 Å². The predicted octanol–water partition coefficient (Wildman–Crippen LogP) is 7.18. The molecule has 6 heteroatoms. The lowest BCUT2D eigenvalue weighted by molar-refractivity contribution is 0.102. The van der Waals surface area contributed by atoms with Crippen LogP contribution in [0.5, 0.6) is 17.2 Å². The molecule has 0 aliphatic rings. The standard InChI is InChI=1S/C23H21Cl2NO3/c1-13(2)17-7-4-14(3)10-22(17)29-21-9-6-16(25)12-19(21)26-23(28)18-11-15(24)5-8-20(18)27/h4-13,27H,1-3H3,(H,26,28). The minimum Gasteiger partial charge on any atom is -0.507 e. The van der Waals surface area contributed by atoms with Gasteiger partial charge in [-0.3, -0.25) is 4.79 Å². The third kappa shape index (κ3) is 5.03. The van der Waals surface area contributed by atoms with Crippen LogP contribution in [0.4, 0.5) is 5.69 Å². The second kappa shape index (κ2) is 8.76. The van der Waals surface area contributed by atoms with E-state index in [0.717, 1.165) is 11.1 Å². The van der Waals surface area contributed by atoms with Gasteiger partial charge in [0.05, 0.1) is 11.3 Å². The summed E-state index contributed by atoms with van der Waals surface area (Å²) in [5.74, 6) is 0.724. The topological polar surface area (TPSA) is 58.6 Å². The van der Waals surface area contributed by atoms with Crippen LogP contribution in [0, 0.1) is 6.92 Å². The fourth-order valence-electron chi connectivity index (χ4n) is 2.89. The first-order valence-electron chi connectivity index (χ1n) is 9.12. The highest BCUT2D eigenvalue weighted by molar-refractivity contribution is 6.31. The highest BCUT2D eigenvalue weighted by Crippen LogP contribution is 2.37. The third-order valence-electron chi connectivity index (χ3n) is 4.40. The maximum atomic E-state index is 12.7. The van der Waals surface area contributed by atoms with Gasteiger partial charge < -0.3 is 15.2 Å². The quantitative estimate of drug-likeness (QED) is 0.451. The fraction of sp³-hybridized carbons (Fsp3) is 0.174. The first-order chi connectivity index (χ1) is 13.7. The molecule has 0 bridgehead atoms. The Morgan fingerprint density at radius 1 is 0.966 bits per heavy atom. The molecule has 2 N–H and O–H groups in total. The molecule has 0 heterocycles. The number of ether oxygens (including phenoxy) is 1. The van der Waals surface area contributed by atoms with Crippen molar-refractivity contribution in [3.8, 4) is 17.2 Å². The molecule has 0 saturated heterocycles. The number of nitrogens with one attached hydrogen (secondary N) is 1. The predicted molar refractivity (Wildman–Crippen MR) is 118 cm³/mol. The number of hydrogen-bond acceptors (Lipinski definition) is 3. The van der Waals surface area contributed by atoms with Crippen molar-refractivity contribution in [1.29, 1.82) is 0 Å². The minimum atomic E-state index is -0.523. The van der Waals surface area contributed by atoms with Crippen molar-refractivity contribution in [1.82, 2.24) is 0 Å². The fourth-order valence-corrected chi connectivity index (χ4v) is 3.24. The Morgan fingerprint density at radius 2 is 1.66 bits per heavy atom. The molecule has 0 aliphatic carbocycles. The van der Waals surface area contributed by atoms with Gasteiger partial charge in [0.15, 0.2) is 5.75 Å². The van der Waals surface area contributed by atoms with Crippen LogP contribution >= 0.6 is 23.2 Å². The largest absolute Gasteiger partial charge is 0.507 e. The highest BCUT2D eigenvalue weighted by atomic mass is 35.5. The van der Waals surface area contributed by atoms with Gasteiger partial charge in [-0.25, -0.2) is 0 Å². The molecule has 29 heavy (non-hydrogen) atoms. The number of amides is 1. The molecule has 0 spiro atoms. The molecule has 0 aliphatic heterocycles. The Morgan fingerprint density at radius 3 is 2.38 bits per heavy atom. The molecule has 0 saturated carbocycles. The van der Waals surface area contributed by atoms with Gasteiger partial charge in [-0.15, -0.1) is 0 Å². The number of rotatable bonds is 5. The summed E-state index contributed by atoms with van der Waals surface area (Å²) in [6.07, 6.45) is 0. The Labute approximate surface area is 180 Å². The van der Waals surface area contributed by atoms with Crippen molar-refractivity contribution in [2.24, 2.45) is 0 Å². The third-order valence-corrected chi connectivity index (χ3v) is 4.87. The lowest BCUT2D eigenvalue weighted by atomic mass is 10.0. The van der Waals surface area contributed by atoms with Gasteiger partial charge in [-0.1, -0.05) is 49.2 Å². The van der Waals surface area contributed by atoms with Crippen LogP contribution < -0.4 is 10.1 Å². The Hall–Kier alpha value is -2.69. The first-order valence-corrected chi connectivity index (χ1v) is 9.88. The van der Waals surface area contributed by atoms with Crippen LogP contribution in [-0.4, -0.2) is 11.0 Å². The average Bonchev–Trinajstić information content (AvgIpc) is 2.65. The van der Waals surface area contributed by atoms with Crippen molar-refractivity contribution in [2.45, 2.75) is 26.7 Å². The molecule has 3 aromatic rings. The Bertz CT molecular complexity index is 1060. The molecule has 1 amide bonds. The summed E-state index contributed by atoms with van der Waals surface area (Å²) >= 11 is 12.1. The molecule has 150 valence electrons. The summed E-state index contributed by atoms with van der Waals surface area (Å²) in [5, 5.41) is 13.5. The van der Waals surface area contributed by atoms with Crippen molar-refractivity contribution in [3.05, 3.63) is 81.3 Å². The lowest BCUT2D eigenvalue weighted by Crippen LogP contribution is -2.13. The van der Waals surface area contributed by atoms with Crippen LogP contribution in [-0.2, 0) is 0 Å². The zero-order valence-corrected chi connectivity index (χ0v) is 17.8. The molecular formula is C23H21Cl2NO3. The van der Waals surface area contributed by atoms with E-state index in [1.165, 1.54) is 18.2 Å². The summed E-state index contributed by atoms with van der Waals surface area (Å²) in [7, 11) is 0. The maximum absolute atomic E-state index is 12.7. The first kappa shape index (κ1) is 21.0. The van der Waals surface area contributed by atoms with Gasteiger partial charge in [-0.05, 0) is 66.4 Å². The van der Waals surface area contributed by atoms with E-state index in [2.05, 4.69) is 19.2 Å². The molecule has 0 fully saturated rings. The van der Waals surface area contributed by atoms with Gasteiger partial charge in [0.25, 0.3) is 5.91 Å². The van der Waals surface area contributed by atoms with Gasteiger partial charge in [0.1, 0.15) is 11.5 Å². The monoisotopic (exact) mass is 429 g/mol. The normalized spacial score (nSPS) is 10.8. The lowest BCUT2D eigenvalue weighted by Gasteiger charge is -2.17. The van der Waals surface area contributed by atoms with E-state index in [1.807, 2.05) is 25.1 Å². The number of aromatic hydroxyl groups is 1. The van der Waals surface area contributed by atoms with Crippen LogP contribution in [0.3, 0.4) is 0 Å². The minimum absolute atomic E-state index is 0.0573.